The van der Waals surface area contributed by atoms with Gasteiger partial charge in [-0.25, -0.2) is 4.79 Å². The van der Waals surface area contributed by atoms with Crippen LogP contribution in [0.3, 0.4) is 0 Å². The van der Waals surface area contributed by atoms with Crippen LogP contribution in [0.4, 0.5) is 0 Å². The maximum atomic E-state index is 10.7. The van der Waals surface area contributed by atoms with Crippen LogP contribution < -0.4 is 5.32 Å². The van der Waals surface area contributed by atoms with Crippen molar-refractivity contribution in [1.82, 2.24) is 5.32 Å². The molecule has 5 heteroatoms. The third kappa shape index (κ3) is 4.29. The molecule has 0 unspecified atom stereocenters. The van der Waals surface area contributed by atoms with E-state index in [0.717, 1.165) is 0 Å². The zero-order chi connectivity index (χ0) is 13.5. The highest BCUT2D eigenvalue weighted by Gasteiger charge is 2.05. The maximum Gasteiger partial charge on any atom is 0.335 e. The largest absolute Gasteiger partial charge is 0.507 e. The molecule has 96 valence electrons. The second-order valence-corrected chi connectivity index (χ2v) is 3.75. The van der Waals surface area contributed by atoms with Gasteiger partial charge < -0.3 is 15.5 Å². The molecule has 1 aromatic carbocycles. The van der Waals surface area contributed by atoms with Crippen LogP contribution in [0.15, 0.2) is 24.3 Å². The lowest BCUT2D eigenvalue weighted by molar-refractivity contribution is -0.118. The third-order valence-corrected chi connectivity index (χ3v) is 2.26. The summed E-state index contributed by atoms with van der Waals surface area (Å²) in [7, 11) is 0. The first-order valence-electron chi connectivity index (χ1n) is 5.48. The number of phenolic OH excluding ortho intramolecular Hbond substituents is 1. The first kappa shape index (κ1) is 13.8. The molecule has 0 heterocycles. The summed E-state index contributed by atoms with van der Waals surface area (Å²) in [6, 6.07) is 4.17. The Hall–Kier alpha value is -2.30. The molecular weight excluding hydrogens is 234 g/mol. The summed E-state index contributed by atoms with van der Waals surface area (Å²) in [5.41, 5.74) is 0.589. The van der Waals surface area contributed by atoms with E-state index in [1.807, 2.05) is 0 Å². The first-order valence-corrected chi connectivity index (χ1v) is 5.48. The van der Waals surface area contributed by atoms with Crippen molar-refractivity contribution in [3.63, 3.8) is 0 Å². The Morgan fingerprint density at radius 2 is 2.11 bits per heavy atom. The second kappa shape index (κ2) is 6.44. The molecule has 0 saturated heterocycles. The zero-order valence-corrected chi connectivity index (χ0v) is 10.0. The molecule has 0 aliphatic heterocycles. The summed E-state index contributed by atoms with van der Waals surface area (Å²) in [5, 5.41) is 21.0. The van der Waals surface area contributed by atoms with Crippen LogP contribution in [0.25, 0.3) is 6.08 Å². The molecule has 0 bridgehead atoms. The monoisotopic (exact) mass is 249 g/mol. The van der Waals surface area contributed by atoms with Crippen molar-refractivity contribution < 1.29 is 19.8 Å². The number of hydrogen-bond donors (Lipinski definition) is 3. The number of rotatable bonds is 5. The normalized spacial score (nSPS) is 10.5. The number of nitrogens with one attached hydrogen (secondary N) is 1. The van der Waals surface area contributed by atoms with Crippen molar-refractivity contribution in [3.8, 4) is 5.75 Å². The molecule has 1 amide bonds. The number of carbonyl (C=O) groups excluding carboxylic acids is 1. The predicted molar refractivity (Wildman–Crippen MR) is 67.4 cm³/mol. The average Bonchev–Trinajstić information content (AvgIpc) is 2.29. The number of hydrogen-bond acceptors (Lipinski definition) is 3. The van der Waals surface area contributed by atoms with E-state index >= 15 is 0 Å². The van der Waals surface area contributed by atoms with Crippen LogP contribution in [0, 0.1) is 0 Å². The molecule has 0 saturated carbocycles. The van der Waals surface area contributed by atoms with E-state index in [0.29, 0.717) is 18.5 Å². The van der Waals surface area contributed by atoms with Gasteiger partial charge in [0.05, 0.1) is 5.56 Å². The maximum absolute atomic E-state index is 10.7. The quantitative estimate of drug-likeness (QED) is 0.692. The van der Waals surface area contributed by atoms with Crippen LogP contribution in [0.1, 0.15) is 29.3 Å². The number of aromatic hydroxyl groups is 1. The highest BCUT2D eigenvalue weighted by molar-refractivity contribution is 5.88. The van der Waals surface area contributed by atoms with Gasteiger partial charge in [-0.3, -0.25) is 4.79 Å². The average molecular weight is 249 g/mol. The standard InChI is InChI=1S/C13H15NO4/c1-9(15)14-7-3-2-4-10-5-6-11(13(17)18)8-12(10)16/h2,4-6,8,16H,3,7H2,1H3,(H,14,15)(H,17,18). The summed E-state index contributed by atoms with van der Waals surface area (Å²) < 4.78 is 0. The van der Waals surface area contributed by atoms with E-state index in [1.165, 1.54) is 25.1 Å². The molecule has 0 radical (unpaired) electrons. The molecule has 0 atom stereocenters. The fourth-order valence-electron chi connectivity index (χ4n) is 1.36. The van der Waals surface area contributed by atoms with Gasteiger partial charge in [0.15, 0.2) is 0 Å². The van der Waals surface area contributed by atoms with Gasteiger partial charge in [0, 0.05) is 19.0 Å². The SMILES string of the molecule is CC(=O)NCCC=Cc1ccc(C(=O)O)cc1O. The fraction of sp³-hybridized carbons (Fsp3) is 0.231. The number of amides is 1. The number of carboxylic acids is 1. The molecule has 0 aliphatic carbocycles. The number of phenols is 1. The Bertz CT molecular complexity index is 480. The summed E-state index contributed by atoms with van der Waals surface area (Å²) >= 11 is 0. The number of carboxylic acid groups (broad SMARTS) is 1. The summed E-state index contributed by atoms with van der Waals surface area (Å²) in [5.74, 6) is -1.24. The third-order valence-electron chi connectivity index (χ3n) is 2.26. The van der Waals surface area contributed by atoms with Crippen molar-refractivity contribution in [1.29, 1.82) is 0 Å². The van der Waals surface area contributed by atoms with Crippen molar-refractivity contribution in [2.45, 2.75) is 13.3 Å². The zero-order valence-electron chi connectivity index (χ0n) is 10.0. The molecule has 0 fully saturated rings. The van der Waals surface area contributed by atoms with Crippen LogP contribution >= 0.6 is 0 Å². The van der Waals surface area contributed by atoms with Crippen molar-refractivity contribution in [2.24, 2.45) is 0 Å². The molecule has 18 heavy (non-hydrogen) atoms. The molecule has 0 spiro atoms. The lowest BCUT2D eigenvalue weighted by atomic mass is 10.1. The highest BCUT2D eigenvalue weighted by atomic mass is 16.4. The number of benzene rings is 1. The van der Waals surface area contributed by atoms with Gasteiger partial charge in [-0.2, -0.15) is 0 Å². The Kier molecular flexibility index (Phi) is 4.92. The van der Waals surface area contributed by atoms with Gasteiger partial charge in [0.1, 0.15) is 5.75 Å². The lowest BCUT2D eigenvalue weighted by Crippen LogP contribution is -2.20. The Morgan fingerprint density at radius 1 is 1.39 bits per heavy atom. The van der Waals surface area contributed by atoms with E-state index in [2.05, 4.69) is 5.32 Å². The van der Waals surface area contributed by atoms with Gasteiger partial charge in [-0.15, -0.1) is 0 Å². The molecule has 1 rings (SSSR count). The minimum absolute atomic E-state index is 0.0443. The summed E-state index contributed by atoms with van der Waals surface area (Å²) in [6.45, 7) is 1.97. The fourth-order valence-corrected chi connectivity index (χ4v) is 1.36. The summed E-state index contributed by atoms with van der Waals surface area (Å²) in [6.07, 6.45) is 4.12. The van der Waals surface area contributed by atoms with Gasteiger partial charge in [0.25, 0.3) is 0 Å². The van der Waals surface area contributed by atoms with Crippen LogP contribution in [0.2, 0.25) is 0 Å². The summed E-state index contributed by atoms with van der Waals surface area (Å²) in [4.78, 5) is 21.3. The second-order valence-electron chi connectivity index (χ2n) is 3.75. The number of aromatic carboxylic acids is 1. The van der Waals surface area contributed by atoms with E-state index in [4.69, 9.17) is 5.11 Å². The van der Waals surface area contributed by atoms with Crippen molar-refractivity contribution >= 4 is 18.0 Å². The van der Waals surface area contributed by atoms with E-state index in [9.17, 15) is 14.7 Å². The van der Waals surface area contributed by atoms with Crippen molar-refractivity contribution in [2.75, 3.05) is 6.54 Å². The topological polar surface area (TPSA) is 86.6 Å². The van der Waals surface area contributed by atoms with Gasteiger partial charge in [-0.05, 0) is 18.6 Å². The lowest BCUT2D eigenvalue weighted by Gasteiger charge is -2.01. The first-order chi connectivity index (χ1) is 8.50. The molecule has 0 aliphatic rings. The Labute approximate surface area is 105 Å². The van der Waals surface area contributed by atoms with Gasteiger partial charge in [-0.1, -0.05) is 18.2 Å². The Morgan fingerprint density at radius 3 is 2.67 bits per heavy atom. The smallest absolute Gasteiger partial charge is 0.335 e. The number of carbonyl (C=O) groups is 2. The predicted octanol–water partition coefficient (Wildman–Crippen LogP) is 1.63. The van der Waals surface area contributed by atoms with E-state index in [1.54, 1.807) is 12.2 Å². The molecule has 0 aromatic heterocycles. The van der Waals surface area contributed by atoms with E-state index in [-0.39, 0.29) is 17.2 Å². The molecular formula is C13H15NO4. The Balaban J connectivity index is 2.59. The van der Waals surface area contributed by atoms with Crippen LogP contribution in [-0.2, 0) is 4.79 Å². The van der Waals surface area contributed by atoms with Gasteiger partial charge in [0.2, 0.25) is 5.91 Å². The highest BCUT2D eigenvalue weighted by Crippen LogP contribution is 2.20. The van der Waals surface area contributed by atoms with Crippen LogP contribution in [0.5, 0.6) is 5.75 Å². The molecule has 3 N–H and O–H groups in total. The van der Waals surface area contributed by atoms with E-state index < -0.39 is 5.97 Å². The minimum atomic E-state index is -1.08. The van der Waals surface area contributed by atoms with Crippen molar-refractivity contribution in [3.05, 3.63) is 35.4 Å². The molecule has 5 nitrogen and oxygen atoms in total. The van der Waals surface area contributed by atoms with Crippen LogP contribution in [-0.4, -0.2) is 28.6 Å². The molecule has 1 aromatic rings. The van der Waals surface area contributed by atoms with Gasteiger partial charge >= 0.3 is 5.97 Å². The minimum Gasteiger partial charge on any atom is -0.507 e.